The first-order chi connectivity index (χ1) is 12.5. The molecular weight excluding hydrogens is 403 g/mol. The molecule has 0 fully saturated rings. The number of halogens is 3. The van der Waals surface area contributed by atoms with Crippen LogP contribution in [-0.4, -0.2) is 84.1 Å². The highest BCUT2D eigenvalue weighted by Crippen LogP contribution is 2.38. The number of ether oxygens (including phenoxy) is 4. The summed E-state index contributed by atoms with van der Waals surface area (Å²) in [4.78, 5) is 12.1. The van der Waals surface area contributed by atoms with Gasteiger partial charge in [0.1, 0.15) is 19.3 Å². The number of hydrogen-bond donors (Lipinski definition) is 1. The minimum atomic E-state index is -5.98. The van der Waals surface area contributed by atoms with Gasteiger partial charge in [-0.3, -0.25) is 0 Å². The standard InChI is InChI=1S/C13H20F3NO9S/c1-22-8-24-6-12(7-25-9-23-2)5-17(11(18)19)4-3-10(12)26-27(20,21)13(14,15)16/h3H,4-9H2,1-2H3,(H,18,19). The summed E-state index contributed by atoms with van der Waals surface area (Å²) in [6, 6.07) is 0. The van der Waals surface area contributed by atoms with E-state index < -0.39 is 52.7 Å². The Kier molecular flexibility index (Phi) is 8.28. The molecule has 1 aliphatic rings. The van der Waals surface area contributed by atoms with Gasteiger partial charge in [-0.05, 0) is 6.08 Å². The van der Waals surface area contributed by atoms with Crippen LogP contribution >= 0.6 is 0 Å². The van der Waals surface area contributed by atoms with Crippen molar-refractivity contribution in [3.8, 4) is 0 Å². The van der Waals surface area contributed by atoms with E-state index in [1.54, 1.807) is 0 Å². The summed E-state index contributed by atoms with van der Waals surface area (Å²) in [6.45, 7) is -2.25. The SMILES string of the molecule is COCOCC1(COCOC)CN(C(=O)O)CC=C1OS(=O)(=O)C(F)(F)F. The van der Waals surface area contributed by atoms with Crippen molar-refractivity contribution in [2.45, 2.75) is 5.51 Å². The van der Waals surface area contributed by atoms with Gasteiger partial charge >= 0.3 is 21.7 Å². The Hall–Kier alpha value is -1.61. The van der Waals surface area contributed by atoms with Gasteiger partial charge in [0.15, 0.2) is 0 Å². The molecule has 0 aliphatic carbocycles. The zero-order valence-corrected chi connectivity index (χ0v) is 15.3. The molecule has 1 rings (SSSR count). The van der Waals surface area contributed by atoms with Crippen LogP contribution in [0.5, 0.6) is 0 Å². The summed E-state index contributed by atoms with van der Waals surface area (Å²) in [5.41, 5.74) is -7.34. The van der Waals surface area contributed by atoms with Gasteiger partial charge in [0.05, 0.1) is 18.6 Å². The third-order valence-electron chi connectivity index (χ3n) is 3.43. The van der Waals surface area contributed by atoms with Gasteiger partial charge in [0.2, 0.25) is 0 Å². The van der Waals surface area contributed by atoms with Crippen LogP contribution in [0.3, 0.4) is 0 Å². The van der Waals surface area contributed by atoms with Crippen LogP contribution in [0, 0.1) is 5.41 Å². The molecule has 0 unspecified atom stereocenters. The lowest BCUT2D eigenvalue weighted by atomic mass is 9.84. The molecule has 0 aromatic heterocycles. The number of nitrogens with zero attached hydrogens (tertiary/aromatic N) is 1. The van der Waals surface area contributed by atoms with Gasteiger partial charge < -0.3 is 33.1 Å². The Labute approximate surface area is 153 Å². The largest absolute Gasteiger partial charge is 0.534 e. The van der Waals surface area contributed by atoms with E-state index in [0.29, 0.717) is 0 Å². The second-order valence-electron chi connectivity index (χ2n) is 5.50. The van der Waals surface area contributed by atoms with Crippen LogP contribution in [0.4, 0.5) is 18.0 Å². The minimum Gasteiger partial charge on any atom is -0.465 e. The maximum absolute atomic E-state index is 12.7. The third kappa shape index (κ3) is 6.21. The Morgan fingerprint density at radius 3 is 2.15 bits per heavy atom. The lowest BCUT2D eigenvalue weighted by Gasteiger charge is -2.40. The molecular formula is C13H20F3NO9S. The van der Waals surface area contributed by atoms with Crippen LogP contribution in [0.15, 0.2) is 11.8 Å². The molecule has 1 aliphatic heterocycles. The van der Waals surface area contributed by atoms with Crippen molar-refractivity contribution in [3.63, 3.8) is 0 Å². The normalized spacial score (nSPS) is 17.5. The van der Waals surface area contributed by atoms with Gasteiger partial charge in [-0.25, -0.2) is 4.79 Å². The van der Waals surface area contributed by atoms with Gasteiger partial charge in [-0.15, -0.1) is 0 Å². The molecule has 0 spiro atoms. The van der Waals surface area contributed by atoms with Crippen molar-refractivity contribution < 1.29 is 54.6 Å². The highest BCUT2D eigenvalue weighted by Gasteiger charge is 2.52. The number of hydrogen-bond acceptors (Lipinski definition) is 8. The molecule has 0 saturated carbocycles. The molecule has 27 heavy (non-hydrogen) atoms. The van der Waals surface area contributed by atoms with E-state index in [1.165, 1.54) is 14.2 Å². The average molecular weight is 423 g/mol. The van der Waals surface area contributed by atoms with Gasteiger partial charge in [0, 0.05) is 27.3 Å². The number of rotatable bonds is 10. The van der Waals surface area contributed by atoms with Crippen molar-refractivity contribution in [3.05, 3.63) is 11.8 Å². The number of carboxylic acid groups (broad SMARTS) is 1. The van der Waals surface area contributed by atoms with E-state index in [0.717, 1.165) is 11.0 Å². The van der Waals surface area contributed by atoms with Crippen molar-refractivity contribution in [2.24, 2.45) is 5.41 Å². The predicted molar refractivity (Wildman–Crippen MR) is 81.8 cm³/mol. The minimum absolute atomic E-state index is 0.279. The summed E-state index contributed by atoms with van der Waals surface area (Å²) >= 11 is 0. The quantitative estimate of drug-likeness (QED) is 0.237. The first kappa shape index (κ1) is 23.4. The smallest absolute Gasteiger partial charge is 0.465 e. The fourth-order valence-corrected chi connectivity index (χ4v) is 2.84. The number of alkyl halides is 3. The third-order valence-corrected chi connectivity index (χ3v) is 4.39. The van der Waals surface area contributed by atoms with Crippen LogP contribution < -0.4 is 0 Å². The summed E-state index contributed by atoms with van der Waals surface area (Å²) in [6.07, 6.45) is -0.445. The van der Waals surface area contributed by atoms with Crippen molar-refractivity contribution in [1.29, 1.82) is 0 Å². The Morgan fingerprint density at radius 2 is 1.74 bits per heavy atom. The molecule has 0 atom stereocenters. The van der Waals surface area contributed by atoms with E-state index in [9.17, 15) is 31.5 Å². The topological polar surface area (TPSA) is 121 Å². The Balaban J connectivity index is 3.25. The lowest BCUT2D eigenvalue weighted by Crippen LogP contribution is -2.51. The fraction of sp³-hybridized carbons (Fsp3) is 0.769. The van der Waals surface area contributed by atoms with Crippen LogP contribution in [0.1, 0.15) is 0 Å². The Bertz CT molecular complexity index is 625. The van der Waals surface area contributed by atoms with E-state index in [1.807, 2.05) is 0 Å². The van der Waals surface area contributed by atoms with E-state index in [-0.39, 0.29) is 20.1 Å². The first-order valence-corrected chi connectivity index (χ1v) is 8.72. The second-order valence-corrected chi connectivity index (χ2v) is 7.04. The number of methoxy groups -OCH3 is 2. The van der Waals surface area contributed by atoms with Crippen molar-refractivity contribution in [2.75, 3.05) is 54.1 Å². The second kappa shape index (κ2) is 9.54. The summed E-state index contributed by atoms with van der Waals surface area (Å²) in [5.74, 6) is -0.635. The lowest BCUT2D eigenvalue weighted by molar-refractivity contribution is -0.115. The molecule has 14 heteroatoms. The zero-order valence-electron chi connectivity index (χ0n) is 14.5. The maximum Gasteiger partial charge on any atom is 0.534 e. The molecule has 1 N–H and O–H groups in total. The monoisotopic (exact) mass is 423 g/mol. The molecule has 1 heterocycles. The molecule has 0 saturated heterocycles. The van der Waals surface area contributed by atoms with Gasteiger partial charge in [0.25, 0.3) is 0 Å². The molecule has 0 aromatic rings. The molecule has 0 bridgehead atoms. The Morgan fingerprint density at radius 1 is 1.22 bits per heavy atom. The molecule has 0 aromatic carbocycles. The van der Waals surface area contributed by atoms with E-state index in [4.69, 9.17) is 18.9 Å². The van der Waals surface area contributed by atoms with E-state index >= 15 is 0 Å². The summed E-state index contributed by atoms with van der Waals surface area (Å²) in [7, 11) is -3.39. The highest BCUT2D eigenvalue weighted by molar-refractivity contribution is 7.87. The van der Waals surface area contributed by atoms with Crippen LogP contribution in [0.2, 0.25) is 0 Å². The van der Waals surface area contributed by atoms with Gasteiger partial charge in [-0.2, -0.15) is 21.6 Å². The maximum atomic E-state index is 12.7. The first-order valence-electron chi connectivity index (χ1n) is 7.32. The zero-order chi connectivity index (χ0) is 20.7. The van der Waals surface area contributed by atoms with Gasteiger partial charge in [-0.1, -0.05) is 0 Å². The van der Waals surface area contributed by atoms with Crippen molar-refractivity contribution in [1.82, 2.24) is 4.90 Å². The molecule has 0 radical (unpaired) electrons. The predicted octanol–water partition coefficient (Wildman–Crippen LogP) is 0.958. The van der Waals surface area contributed by atoms with Crippen LogP contribution in [-0.2, 0) is 33.2 Å². The van der Waals surface area contributed by atoms with Crippen molar-refractivity contribution >= 4 is 16.2 Å². The highest BCUT2D eigenvalue weighted by atomic mass is 32.2. The molecule has 1 amide bonds. The molecule has 10 nitrogen and oxygen atoms in total. The summed E-state index contributed by atoms with van der Waals surface area (Å²) in [5, 5.41) is 9.19. The van der Waals surface area contributed by atoms with Crippen LogP contribution in [0.25, 0.3) is 0 Å². The van der Waals surface area contributed by atoms with E-state index in [2.05, 4.69) is 4.18 Å². The fourth-order valence-electron chi connectivity index (χ4n) is 2.27. The summed E-state index contributed by atoms with van der Waals surface area (Å²) < 4.78 is 85.0. The average Bonchev–Trinajstić information content (AvgIpc) is 2.56. The number of carbonyl (C=O) groups is 1. The molecule has 158 valence electrons. The number of amides is 1.